The summed E-state index contributed by atoms with van der Waals surface area (Å²) in [5, 5.41) is 0. The second-order valence-electron chi connectivity index (χ2n) is 4.43. The van der Waals surface area contributed by atoms with E-state index in [1.807, 2.05) is 49.4 Å². The van der Waals surface area contributed by atoms with Crippen molar-refractivity contribution in [3.63, 3.8) is 0 Å². The number of methoxy groups -OCH3 is 1. The predicted octanol–water partition coefficient (Wildman–Crippen LogP) is 4.19. The van der Waals surface area contributed by atoms with Gasteiger partial charge in [0.25, 0.3) is 0 Å². The molecule has 3 heteroatoms. The summed E-state index contributed by atoms with van der Waals surface area (Å²) >= 11 is 3.41. The van der Waals surface area contributed by atoms with Gasteiger partial charge in [-0.2, -0.15) is 0 Å². The molecule has 0 saturated heterocycles. The van der Waals surface area contributed by atoms with Gasteiger partial charge in [0.1, 0.15) is 5.75 Å². The van der Waals surface area contributed by atoms with Crippen molar-refractivity contribution in [1.29, 1.82) is 0 Å². The summed E-state index contributed by atoms with van der Waals surface area (Å²) in [6.45, 7) is 1.97. The molecule has 0 aliphatic carbocycles. The molecular weight excluding hydrogens is 304 g/mol. The number of hydrogen-bond acceptors (Lipinski definition) is 2. The maximum absolute atomic E-state index is 12.4. The van der Waals surface area contributed by atoms with Gasteiger partial charge in [-0.3, -0.25) is 4.79 Å². The van der Waals surface area contributed by atoms with E-state index in [1.165, 1.54) is 0 Å². The molecule has 98 valence electrons. The molecule has 0 bridgehead atoms. The Morgan fingerprint density at radius 2 is 2.00 bits per heavy atom. The second-order valence-corrected chi connectivity index (χ2v) is 5.35. The normalized spacial score (nSPS) is 10.3. The van der Waals surface area contributed by atoms with Crippen LogP contribution in [0.4, 0.5) is 0 Å². The van der Waals surface area contributed by atoms with Crippen LogP contribution in [0.25, 0.3) is 0 Å². The van der Waals surface area contributed by atoms with Crippen LogP contribution in [0.3, 0.4) is 0 Å². The lowest BCUT2D eigenvalue weighted by atomic mass is 10.0. The summed E-state index contributed by atoms with van der Waals surface area (Å²) in [6, 6.07) is 13.4. The Balaban J connectivity index is 2.27. The zero-order valence-electron chi connectivity index (χ0n) is 10.9. The molecule has 2 rings (SSSR count). The van der Waals surface area contributed by atoms with Crippen LogP contribution in [0, 0.1) is 6.92 Å². The number of ether oxygens (including phenoxy) is 1. The quantitative estimate of drug-likeness (QED) is 0.790. The first-order valence-electron chi connectivity index (χ1n) is 6.02. The van der Waals surface area contributed by atoms with Crippen LogP contribution in [0.2, 0.25) is 0 Å². The predicted molar refractivity (Wildman–Crippen MR) is 79.9 cm³/mol. The van der Waals surface area contributed by atoms with Gasteiger partial charge in [-0.15, -0.1) is 0 Å². The number of hydrogen-bond donors (Lipinski definition) is 0. The van der Waals surface area contributed by atoms with Gasteiger partial charge in [-0.05, 0) is 36.8 Å². The third-order valence-corrected chi connectivity index (χ3v) is 3.40. The monoisotopic (exact) mass is 318 g/mol. The molecule has 0 spiro atoms. The highest BCUT2D eigenvalue weighted by Gasteiger charge is 2.13. The van der Waals surface area contributed by atoms with E-state index in [-0.39, 0.29) is 5.78 Å². The topological polar surface area (TPSA) is 26.3 Å². The van der Waals surface area contributed by atoms with E-state index in [9.17, 15) is 4.79 Å². The van der Waals surface area contributed by atoms with Gasteiger partial charge in [-0.1, -0.05) is 39.7 Å². The zero-order chi connectivity index (χ0) is 13.8. The van der Waals surface area contributed by atoms with Crippen LogP contribution in [0.15, 0.2) is 46.9 Å². The van der Waals surface area contributed by atoms with Crippen LogP contribution < -0.4 is 4.74 Å². The van der Waals surface area contributed by atoms with E-state index < -0.39 is 0 Å². The summed E-state index contributed by atoms with van der Waals surface area (Å²) in [5.74, 6) is 0.698. The third kappa shape index (κ3) is 3.44. The number of halogens is 1. The van der Waals surface area contributed by atoms with Crippen LogP contribution in [-0.4, -0.2) is 12.9 Å². The lowest BCUT2D eigenvalue weighted by molar-refractivity contribution is 0.0990. The zero-order valence-corrected chi connectivity index (χ0v) is 12.5. The van der Waals surface area contributed by atoms with E-state index in [4.69, 9.17) is 4.74 Å². The lowest BCUT2D eigenvalue weighted by Crippen LogP contribution is -2.06. The first-order valence-corrected chi connectivity index (χ1v) is 6.81. The Labute approximate surface area is 121 Å². The lowest BCUT2D eigenvalue weighted by Gasteiger charge is -2.09. The number of rotatable bonds is 4. The van der Waals surface area contributed by atoms with E-state index in [1.54, 1.807) is 7.11 Å². The number of aryl methyl sites for hydroxylation is 1. The summed E-state index contributed by atoms with van der Waals surface area (Å²) in [5.41, 5.74) is 2.68. The fourth-order valence-corrected chi connectivity index (χ4v) is 2.41. The van der Waals surface area contributed by atoms with Crippen molar-refractivity contribution in [3.05, 3.63) is 63.6 Å². The number of Topliss-reactive ketones (excluding diaryl/α,β-unsaturated/α-hetero) is 1. The number of carbonyl (C=O) groups is 1. The average molecular weight is 319 g/mol. The number of carbonyl (C=O) groups excluding carboxylic acids is 1. The van der Waals surface area contributed by atoms with Crippen molar-refractivity contribution >= 4 is 21.7 Å². The molecule has 0 radical (unpaired) electrons. The fraction of sp³-hybridized carbons (Fsp3) is 0.188. The maximum Gasteiger partial charge on any atom is 0.170 e. The van der Waals surface area contributed by atoms with Crippen molar-refractivity contribution in [1.82, 2.24) is 0 Å². The van der Waals surface area contributed by atoms with Crippen molar-refractivity contribution < 1.29 is 9.53 Å². The third-order valence-electron chi connectivity index (χ3n) is 2.91. The van der Waals surface area contributed by atoms with Crippen LogP contribution in [0.1, 0.15) is 21.5 Å². The Hall–Kier alpha value is -1.61. The molecule has 0 saturated carbocycles. The van der Waals surface area contributed by atoms with E-state index >= 15 is 0 Å². The minimum Gasteiger partial charge on any atom is -0.496 e. The Bertz CT molecular complexity index is 605. The van der Waals surface area contributed by atoms with Gasteiger partial charge >= 0.3 is 0 Å². The van der Waals surface area contributed by atoms with Crippen molar-refractivity contribution in [2.75, 3.05) is 7.11 Å². The van der Waals surface area contributed by atoms with Crippen LogP contribution in [0.5, 0.6) is 5.75 Å². The molecule has 2 nitrogen and oxygen atoms in total. The van der Waals surface area contributed by atoms with Crippen molar-refractivity contribution in [3.8, 4) is 5.75 Å². The van der Waals surface area contributed by atoms with E-state index in [2.05, 4.69) is 15.9 Å². The fourth-order valence-electron chi connectivity index (χ4n) is 1.97. The van der Waals surface area contributed by atoms with Crippen LogP contribution >= 0.6 is 15.9 Å². The highest BCUT2D eigenvalue weighted by molar-refractivity contribution is 9.10. The molecule has 0 unspecified atom stereocenters. The molecule has 19 heavy (non-hydrogen) atoms. The minimum absolute atomic E-state index is 0.0682. The average Bonchev–Trinajstić information content (AvgIpc) is 2.38. The van der Waals surface area contributed by atoms with Gasteiger partial charge in [0.05, 0.1) is 12.7 Å². The van der Waals surface area contributed by atoms with Crippen molar-refractivity contribution in [2.45, 2.75) is 13.3 Å². The van der Waals surface area contributed by atoms with Gasteiger partial charge in [0, 0.05) is 10.9 Å². The summed E-state index contributed by atoms with van der Waals surface area (Å²) in [7, 11) is 1.58. The molecule has 0 fully saturated rings. The SMILES string of the molecule is COc1ccc(C)cc1C(=O)Cc1cccc(Br)c1. The first kappa shape index (κ1) is 13.8. The smallest absolute Gasteiger partial charge is 0.170 e. The molecule has 0 amide bonds. The van der Waals surface area contributed by atoms with Gasteiger partial charge in [0.2, 0.25) is 0 Å². The minimum atomic E-state index is 0.0682. The highest BCUT2D eigenvalue weighted by atomic mass is 79.9. The number of benzene rings is 2. The molecule has 2 aromatic rings. The van der Waals surface area contributed by atoms with Gasteiger partial charge in [-0.25, -0.2) is 0 Å². The summed E-state index contributed by atoms with van der Waals surface area (Å²) in [6.07, 6.45) is 0.374. The molecule has 0 atom stereocenters. The van der Waals surface area contributed by atoms with Gasteiger partial charge in [0.15, 0.2) is 5.78 Å². The molecule has 0 aromatic heterocycles. The standard InChI is InChI=1S/C16H15BrO2/c1-11-6-7-16(19-2)14(8-11)15(18)10-12-4-3-5-13(17)9-12/h3-9H,10H2,1-2H3. The van der Waals surface area contributed by atoms with Gasteiger partial charge < -0.3 is 4.74 Å². The van der Waals surface area contributed by atoms with E-state index in [0.29, 0.717) is 17.7 Å². The largest absolute Gasteiger partial charge is 0.496 e. The molecule has 0 aliphatic heterocycles. The Morgan fingerprint density at radius 3 is 2.68 bits per heavy atom. The first-order chi connectivity index (χ1) is 9.10. The van der Waals surface area contributed by atoms with E-state index in [0.717, 1.165) is 15.6 Å². The highest BCUT2D eigenvalue weighted by Crippen LogP contribution is 2.22. The summed E-state index contributed by atoms with van der Waals surface area (Å²) < 4.78 is 6.23. The van der Waals surface area contributed by atoms with Crippen LogP contribution in [-0.2, 0) is 6.42 Å². The van der Waals surface area contributed by atoms with Crippen molar-refractivity contribution in [2.24, 2.45) is 0 Å². The Morgan fingerprint density at radius 1 is 1.21 bits per heavy atom. The Kier molecular flexibility index (Phi) is 4.38. The molecule has 0 aliphatic rings. The molecule has 2 aromatic carbocycles. The maximum atomic E-state index is 12.4. The second kappa shape index (κ2) is 6.02. The molecule has 0 heterocycles. The number of ketones is 1. The molecular formula is C16H15BrO2. The molecule has 0 N–H and O–H groups in total. The summed E-state index contributed by atoms with van der Waals surface area (Å²) in [4.78, 5) is 12.4.